The quantitative estimate of drug-likeness (QED) is 0.139. The summed E-state index contributed by atoms with van der Waals surface area (Å²) in [4.78, 5) is 0. The first kappa shape index (κ1) is 23.6. The largest absolute Gasteiger partial charge is 1.00 e. The molecule has 1 rings (SSSR count). The van der Waals surface area contributed by atoms with Crippen molar-refractivity contribution in [3.63, 3.8) is 0 Å². The molecule has 0 fully saturated rings. The third-order valence-corrected chi connectivity index (χ3v) is 3.95. The van der Waals surface area contributed by atoms with Crippen molar-refractivity contribution in [1.29, 1.82) is 0 Å². The van der Waals surface area contributed by atoms with E-state index in [-0.39, 0.29) is 36.0 Å². The average molecular weight is 364 g/mol. The van der Waals surface area contributed by atoms with Gasteiger partial charge in [0.15, 0.2) is 0 Å². The minimum Gasteiger partial charge on any atom is -0.725 e. The Kier molecular flexibility index (Phi) is 11.9. The van der Waals surface area contributed by atoms with E-state index in [2.05, 4.69) is 17.7 Å². The molecule has 1 unspecified atom stereocenters. The fourth-order valence-corrected chi connectivity index (χ4v) is 2.83. The van der Waals surface area contributed by atoms with E-state index in [0.29, 0.717) is 12.2 Å². The second-order valence-corrected chi connectivity index (χ2v) is 6.42. The zero-order valence-electron chi connectivity index (χ0n) is 14.6. The molecule has 24 heavy (non-hydrogen) atoms. The van der Waals surface area contributed by atoms with Gasteiger partial charge in [0.2, 0.25) is 16.2 Å². The van der Waals surface area contributed by atoms with Crippen molar-refractivity contribution in [3.8, 4) is 5.75 Å². The normalized spacial score (nSPS) is 13.6. The van der Waals surface area contributed by atoms with Crippen LogP contribution in [0.2, 0.25) is 0 Å². The van der Waals surface area contributed by atoms with E-state index in [0.717, 1.165) is 25.7 Å². The van der Waals surface area contributed by atoms with E-state index in [1.165, 1.54) is 12.5 Å². The van der Waals surface area contributed by atoms with Gasteiger partial charge in [0.05, 0.1) is 0 Å². The first-order valence-electron chi connectivity index (χ1n) is 7.95. The van der Waals surface area contributed by atoms with Crippen LogP contribution in [0.5, 0.6) is 5.75 Å². The standard InChI is InChI=1S/C17H26O5S.Na/c1-3-5-6-7-8-12-15-17(4-2,22-23(18,19)20)21-16-13-10-9-11-14-16;/h4,9-11,13-14H,2-3,5-8,12,15H2,1H3,(H,18,19,20);/q;+1/p-1. The summed E-state index contributed by atoms with van der Waals surface area (Å²) in [6, 6.07) is 8.64. The van der Waals surface area contributed by atoms with Crippen LogP contribution in [0.15, 0.2) is 43.0 Å². The summed E-state index contributed by atoms with van der Waals surface area (Å²) in [5, 5.41) is 0. The molecule has 1 aromatic rings. The van der Waals surface area contributed by atoms with Gasteiger partial charge in [-0.25, -0.2) is 12.6 Å². The molecule has 0 aliphatic carbocycles. The third kappa shape index (κ3) is 9.81. The van der Waals surface area contributed by atoms with Crippen LogP contribution in [0.1, 0.15) is 51.9 Å². The van der Waals surface area contributed by atoms with Crippen molar-refractivity contribution >= 4 is 10.4 Å². The summed E-state index contributed by atoms with van der Waals surface area (Å²) in [6.45, 7) is 5.73. The van der Waals surface area contributed by atoms with E-state index >= 15 is 0 Å². The van der Waals surface area contributed by atoms with Crippen LogP contribution >= 0.6 is 0 Å². The number of hydrogen-bond acceptors (Lipinski definition) is 5. The fraction of sp³-hybridized carbons (Fsp3) is 0.529. The Balaban J connectivity index is 0.00000529. The number of unbranched alkanes of at least 4 members (excludes halogenated alkanes) is 5. The molecule has 0 heterocycles. The van der Waals surface area contributed by atoms with Gasteiger partial charge in [0.1, 0.15) is 5.75 Å². The molecular weight excluding hydrogens is 339 g/mol. The molecule has 0 bridgehead atoms. The molecule has 0 saturated heterocycles. The summed E-state index contributed by atoms with van der Waals surface area (Å²) in [5.74, 6) is -1.24. The van der Waals surface area contributed by atoms with Crippen LogP contribution in [-0.2, 0) is 14.6 Å². The van der Waals surface area contributed by atoms with Gasteiger partial charge in [-0.05, 0) is 24.6 Å². The Morgan fingerprint density at radius 3 is 2.25 bits per heavy atom. The van der Waals surface area contributed by atoms with Crippen LogP contribution in [0.3, 0.4) is 0 Å². The second kappa shape index (κ2) is 12.1. The van der Waals surface area contributed by atoms with E-state index in [1.807, 2.05) is 0 Å². The molecule has 0 saturated carbocycles. The van der Waals surface area contributed by atoms with E-state index in [9.17, 15) is 13.0 Å². The summed E-state index contributed by atoms with van der Waals surface area (Å²) >= 11 is 0. The monoisotopic (exact) mass is 364 g/mol. The maximum Gasteiger partial charge on any atom is 1.00 e. The van der Waals surface area contributed by atoms with E-state index in [4.69, 9.17) is 4.74 Å². The summed E-state index contributed by atoms with van der Waals surface area (Å²) in [5.41, 5.74) is 0. The molecule has 0 N–H and O–H groups in total. The van der Waals surface area contributed by atoms with Gasteiger partial charge in [-0.1, -0.05) is 63.8 Å². The molecule has 0 aliphatic rings. The maximum absolute atomic E-state index is 11.1. The number of ether oxygens (including phenoxy) is 1. The average Bonchev–Trinajstić information content (AvgIpc) is 2.50. The number of rotatable bonds is 12. The van der Waals surface area contributed by atoms with Gasteiger partial charge in [-0.2, -0.15) is 0 Å². The van der Waals surface area contributed by atoms with Crippen molar-refractivity contribution in [2.45, 2.75) is 57.7 Å². The Bertz CT molecular complexity index is 562. The van der Waals surface area contributed by atoms with Gasteiger partial charge in [-0.15, -0.1) is 0 Å². The zero-order chi connectivity index (χ0) is 17.2. The number of para-hydroxylation sites is 1. The molecule has 0 spiro atoms. The van der Waals surface area contributed by atoms with Crippen LogP contribution in [0, 0.1) is 0 Å². The molecule has 0 radical (unpaired) electrons. The summed E-state index contributed by atoms with van der Waals surface area (Å²) in [7, 11) is -4.91. The fourth-order valence-electron chi connectivity index (χ4n) is 2.30. The van der Waals surface area contributed by atoms with Crippen LogP contribution in [0.4, 0.5) is 0 Å². The first-order valence-corrected chi connectivity index (χ1v) is 9.28. The smallest absolute Gasteiger partial charge is 0.725 e. The van der Waals surface area contributed by atoms with Gasteiger partial charge < -0.3 is 9.29 Å². The molecule has 7 heteroatoms. The molecule has 0 aliphatic heterocycles. The zero-order valence-corrected chi connectivity index (χ0v) is 17.4. The number of hydrogen-bond donors (Lipinski definition) is 0. The molecule has 5 nitrogen and oxygen atoms in total. The Morgan fingerprint density at radius 2 is 1.71 bits per heavy atom. The Labute approximate surface area is 167 Å². The molecule has 130 valence electrons. The summed E-state index contributed by atoms with van der Waals surface area (Å²) < 4.78 is 43.5. The van der Waals surface area contributed by atoms with Crippen molar-refractivity contribution in [3.05, 3.63) is 43.0 Å². The van der Waals surface area contributed by atoms with Crippen LogP contribution in [-0.4, -0.2) is 18.8 Å². The predicted molar refractivity (Wildman–Crippen MR) is 88.8 cm³/mol. The first-order chi connectivity index (χ1) is 10.9. The van der Waals surface area contributed by atoms with Gasteiger partial charge in [0, 0.05) is 6.42 Å². The van der Waals surface area contributed by atoms with Crippen molar-refractivity contribution in [2.75, 3.05) is 0 Å². The molecule has 1 aromatic carbocycles. The maximum atomic E-state index is 11.1. The van der Waals surface area contributed by atoms with Crippen molar-refractivity contribution < 1.29 is 51.4 Å². The molecular formula is C17H25NaO5S. The van der Waals surface area contributed by atoms with Crippen LogP contribution in [0.25, 0.3) is 0 Å². The van der Waals surface area contributed by atoms with Gasteiger partial charge in [0.25, 0.3) is 0 Å². The van der Waals surface area contributed by atoms with Crippen molar-refractivity contribution in [1.82, 2.24) is 0 Å². The molecule has 0 amide bonds. The van der Waals surface area contributed by atoms with E-state index in [1.54, 1.807) is 30.3 Å². The van der Waals surface area contributed by atoms with Crippen LogP contribution < -0.4 is 34.3 Å². The topological polar surface area (TPSA) is 75.7 Å². The minimum absolute atomic E-state index is 0. The number of benzene rings is 1. The Morgan fingerprint density at radius 1 is 1.12 bits per heavy atom. The van der Waals surface area contributed by atoms with Gasteiger partial charge >= 0.3 is 29.6 Å². The molecule has 0 aromatic heterocycles. The Hall–Kier alpha value is -0.370. The molecule has 1 atom stereocenters. The predicted octanol–water partition coefficient (Wildman–Crippen LogP) is 1.18. The second-order valence-electron chi connectivity index (χ2n) is 5.44. The van der Waals surface area contributed by atoms with Gasteiger partial charge in [-0.3, -0.25) is 0 Å². The van der Waals surface area contributed by atoms with E-state index < -0.39 is 16.2 Å². The minimum atomic E-state index is -4.91. The summed E-state index contributed by atoms with van der Waals surface area (Å²) in [6.07, 6.45) is 7.60. The SMILES string of the molecule is C=CC(CCCCCCCC)(Oc1ccccc1)OS(=O)(=O)[O-].[Na+]. The third-order valence-electron chi connectivity index (χ3n) is 3.47. The van der Waals surface area contributed by atoms with Crippen molar-refractivity contribution in [2.24, 2.45) is 0 Å².